The van der Waals surface area contributed by atoms with Gasteiger partial charge in [0.1, 0.15) is 0 Å². The lowest BCUT2D eigenvalue weighted by Crippen LogP contribution is -2.51. The highest BCUT2D eigenvalue weighted by Crippen LogP contribution is 2.50. The molecule has 0 aliphatic rings. The van der Waals surface area contributed by atoms with Gasteiger partial charge in [-0.1, -0.05) is 6.92 Å². The highest BCUT2D eigenvalue weighted by molar-refractivity contribution is 7.54. The van der Waals surface area contributed by atoms with E-state index < -0.39 is 25.6 Å². The van der Waals surface area contributed by atoms with Crippen molar-refractivity contribution < 1.29 is 29.4 Å². The Morgan fingerprint density at radius 1 is 1.54 bits per heavy atom. The Morgan fingerprint density at radius 2 is 2.00 bits per heavy atom. The molecule has 0 saturated carbocycles. The van der Waals surface area contributed by atoms with Crippen molar-refractivity contribution in [2.24, 2.45) is 0 Å². The first-order valence-electron chi connectivity index (χ1n) is 3.46. The lowest BCUT2D eigenvalue weighted by molar-refractivity contribution is -0.142. The number of aliphatic carboxylic acids is 1. The first-order chi connectivity index (χ1) is 5.81. The van der Waals surface area contributed by atoms with E-state index in [2.05, 4.69) is 0 Å². The van der Waals surface area contributed by atoms with Gasteiger partial charge in [0.2, 0.25) is 5.28 Å². The Hall–Kier alpha value is -0.460. The van der Waals surface area contributed by atoms with Gasteiger partial charge in [-0.25, -0.2) is 4.79 Å². The van der Waals surface area contributed by atoms with E-state index in [-0.39, 0.29) is 6.42 Å². The predicted molar refractivity (Wildman–Crippen MR) is 42.9 cm³/mol. The number of carboxylic acids is 1. The summed E-state index contributed by atoms with van der Waals surface area (Å²) in [6, 6.07) is 0. The predicted octanol–water partition coefficient (Wildman–Crippen LogP) is -1.11. The maximum Gasteiger partial charge on any atom is 0.356 e. The number of carbonyl (C=O) groups is 1. The molecule has 0 aromatic heterocycles. The van der Waals surface area contributed by atoms with Gasteiger partial charge < -0.3 is 20.0 Å². The van der Waals surface area contributed by atoms with Crippen LogP contribution < -0.4 is 5.32 Å². The summed E-state index contributed by atoms with van der Waals surface area (Å²) >= 11 is 0. The molecule has 1 unspecified atom stereocenters. The number of hydrogen-bond donors (Lipinski definition) is 5. The molecule has 0 radical (unpaired) electrons. The van der Waals surface area contributed by atoms with Gasteiger partial charge in [0.15, 0.2) is 0 Å². The monoisotopic (exact) mass is 213 g/mol. The van der Waals surface area contributed by atoms with E-state index in [4.69, 9.17) is 20.0 Å². The summed E-state index contributed by atoms with van der Waals surface area (Å²) in [4.78, 5) is 28.2. The van der Waals surface area contributed by atoms with E-state index in [1.165, 1.54) is 6.92 Å². The van der Waals surface area contributed by atoms with E-state index in [1.807, 2.05) is 5.32 Å². The topological polar surface area (TPSA) is 127 Å². The van der Waals surface area contributed by atoms with Crippen molar-refractivity contribution in [1.82, 2.24) is 5.32 Å². The lowest BCUT2D eigenvalue weighted by Gasteiger charge is -2.28. The average molecular weight is 213 g/mol. The van der Waals surface area contributed by atoms with Gasteiger partial charge in [-0.3, -0.25) is 9.88 Å². The number of aliphatic hydroxyl groups is 1. The molecule has 0 amide bonds. The van der Waals surface area contributed by atoms with Crippen LogP contribution in [0.3, 0.4) is 0 Å². The zero-order valence-electron chi connectivity index (χ0n) is 6.97. The van der Waals surface area contributed by atoms with Gasteiger partial charge in [0, 0.05) is 0 Å². The molecule has 0 aliphatic carbocycles. The maximum absolute atomic E-state index is 10.9. The zero-order chi connectivity index (χ0) is 10.7. The minimum atomic E-state index is -4.85. The first-order valence-corrected chi connectivity index (χ1v) is 5.08. The summed E-state index contributed by atoms with van der Waals surface area (Å²) in [7, 11) is -4.85. The minimum Gasteiger partial charge on any atom is -0.479 e. The molecule has 78 valence electrons. The third-order valence-corrected chi connectivity index (χ3v) is 3.39. The molecule has 0 aromatic rings. The van der Waals surface area contributed by atoms with E-state index in [9.17, 15) is 9.36 Å². The Bertz CT molecular complexity index is 237. The molecule has 1 atom stereocenters. The minimum absolute atomic E-state index is 0.326. The van der Waals surface area contributed by atoms with Crippen molar-refractivity contribution in [3.63, 3.8) is 0 Å². The first kappa shape index (κ1) is 12.5. The van der Waals surface area contributed by atoms with Gasteiger partial charge in [0.25, 0.3) is 0 Å². The Kier molecular flexibility index (Phi) is 4.02. The van der Waals surface area contributed by atoms with Crippen molar-refractivity contribution in [2.75, 3.05) is 6.73 Å². The highest BCUT2D eigenvalue weighted by atomic mass is 31.2. The molecule has 13 heavy (non-hydrogen) atoms. The van der Waals surface area contributed by atoms with Crippen molar-refractivity contribution in [2.45, 2.75) is 18.6 Å². The smallest absolute Gasteiger partial charge is 0.356 e. The molecular formula is C5H12NO6P. The highest BCUT2D eigenvalue weighted by Gasteiger charge is 2.52. The van der Waals surface area contributed by atoms with Crippen molar-refractivity contribution in [3.8, 4) is 0 Å². The summed E-state index contributed by atoms with van der Waals surface area (Å²) in [6.45, 7) is 0.487. The summed E-state index contributed by atoms with van der Waals surface area (Å²) in [5.41, 5.74) is 0. The molecule has 5 N–H and O–H groups in total. The van der Waals surface area contributed by atoms with Crippen LogP contribution >= 0.6 is 7.60 Å². The summed E-state index contributed by atoms with van der Waals surface area (Å²) in [5, 5.41) is 16.5. The largest absolute Gasteiger partial charge is 0.479 e. The fraction of sp³-hybridized carbons (Fsp3) is 0.800. The van der Waals surface area contributed by atoms with Gasteiger partial charge >= 0.3 is 13.6 Å². The molecular weight excluding hydrogens is 201 g/mol. The van der Waals surface area contributed by atoms with Gasteiger partial charge in [-0.15, -0.1) is 0 Å². The molecule has 0 fully saturated rings. The second-order valence-electron chi connectivity index (χ2n) is 2.40. The van der Waals surface area contributed by atoms with Crippen LogP contribution in [0.25, 0.3) is 0 Å². The van der Waals surface area contributed by atoms with Crippen LogP contribution in [-0.2, 0) is 9.36 Å². The molecule has 0 heterocycles. The Labute approximate surface area is 74.6 Å². The van der Waals surface area contributed by atoms with Gasteiger partial charge in [0.05, 0.1) is 6.73 Å². The fourth-order valence-electron chi connectivity index (χ4n) is 0.916. The summed E-state index contributed by atoms with van der Waals surface area (Å²) < 4.78 is 10.9. The number of hydrogen-bond acceptors (Lipinski definition) is 4. The molecule has 0 rings (SSSR count). The van der Waals surface area contributed by atoms with Crippen LogP contribution in [0.2, 0.25) is 0 Å². The molecule has 0 aliphatic heterocycles. The van der Waals surface area contributed by atoms with E-state index >= 15 is 0 Å². The van der Waals surface area contributed by atoms with Crippen LogP contribution in [0.15, 0.2) is 0 Å². The fourth-order valence-corrected chi connectivity index (χ4v) is 1.85. The molecule has 8 heteroatoms. The van der Waals surface area contributed by atoms with Crippen LogP contribution in [0.4, 0.5) is 0 Å². The van der Waals surface area contributed by atoms with Crippen molar-refractivity contribution in [1.29, 1.82) is 0 Å². The van der Waals surface area contributed by atoms with Gasteiger partial charge in [-0.05, 0) is 6.42 Å². The number of rotatable bonds is 5. The number of nitrogens with one attached hydrogen (secondary N) is 1. The second-order valence-corrected chi connectivity index (χ2v) is 4.25. The third-order valence-electron chi connectivity index (χ3n) is 1.73. The SMILES string of the molecule is CCC(NCO)(C(=O)O)P(=O)(O)O. The van der Waals surface area contributed by atoms with Gasteiger partial charge in [-0.2, -0.15) is 0 Å². The molecule has 0 spiro atoms. The Morgan fingerprint density at radius 3 is 2.08 bits per heavy atom. The number of aliphatic hydroxyl groups excluding tert-OH is 1. The van der Waals surface area contributed by atoms with Crippen molar-refractivity contribution >= 4 is 13.6 Å². The molecule has 0 aromatic carbocycles. The van der Waals surface area contributed by atoms with Crippen LogP contribution in [-0.4, -0.2) is 38.0 Å². The lowest BCUT2D eigenvalue weighted by atomic mass is 10.2. The number of carboxylic acid groups (broad SMARTS) is 1. The maximum atomic E-state index is 10.9. The van der Waals surface area contributed by atoms with E-state index in [0.29, 0.717) is 0 Å². The standard InChI is InChI=1S/C5H12NO6P/c1-2-5(4(8)9,6-3-7)13(10,11)12/h6-7H,2-3H2,1H3,(H,8,9)(H2,10,11,12). The summed E-state index contributed by atoms with van der Waals surface area (Å²) in [5.74, 6) is -1.68. The summed E-state index contributed by atoms with van der Waals surface area (Å²) in [6.07, 6.45) is -0.326. The van der Waals surface area contributed by atoms with E-state index in [0.717, 1.165) is 0 Å². The van der Waals surface area contributed by atoms with Crippen LogP contribution in [0, 0.1) is 0 Å². The quantitative estimate of drug-likeness (QED) is 0.289. The molecule has 0 bridgehead atoms. The van der Waals surface area contributed by atoms with Crippen LogP contribution in [0.5, 0.6) is 0 Å². The van der Waals surface area contributed by atoms with E-state index in [1.54, 1.807) is 0 Å². The Balaban J connectivity index is 5.11. The molecule has 0 saturated heterocycles. The average Bonchev–Trinajstić information content (AvgIpc) is 1.96. The third kappa shape index (κ3) is 2.26. The van der Waals surface area contributed by atoms with Crippen molar-refractivity contribution in [3.05, 3.63) is 0 Å². The molecule has 7 nitrogen and oxygen atoms in total. The zero-order valence-corrected chi connectivity index (χ0v) is 7.86. The van der Waals surface area contributed by atoms with Crippen LogP contribution in [0.1, 0.15) is 13.3 Å². The normalized spacial score (nSPS) is 16.6. The second kappa shape index (κ2) is 4.17.